The van der Waals surface area contributed by atoms with E-state index >= 15 is 0 Å². The van der Waals surface area contributed by atoms with Gasteiger partial charge in [0.1, 0.15) is 30.3 Å². The van der Waals surface area contributed by atoms with Crippen molar-refractivity contribution in [3.63, 3.8) is 0 Å². The van der Waals surface area contributed by atoms with Crippen LogP contribution in [0.15, 0.2) is 78.9 Å². The second-order valence-corrected chi connectivity index (χ2v) is 8.03. The zero-order chi connectivity index (χ0) is 22.2. The maximum absolute atomic E-state index is 10.4. The lowest BCUT2D eigenvalue weighted by Crippen LogP contribution is -2.19. The summed E-state index contributed by atoms with van der Waals surface area (Å²) in [6.45, 7) is 1.56. The molecule has 1 aliphatic heterocycles. The zero-order valence-corrected chi connectivity index (χ0v) is 18.4. The van der Waals surface area contributed by atoms with Gasteiger partial charge in [0.05, 0.1) is 26.4 Å². The molecule has 0 spiro atoms. The second-order valence-electron chi connectivity index (χ2n) is 8.03. The predicted molar refractivity (Wildman–Crippen MR) is 123 cm³/mol. The van der Waals surface area contributed by atoms with Crippen molar-refractivity contribution in [2.45, 2.75) is 44.4 Å². The predicted octanol–water partition coefficient (Wildman–Crippen LogP) is 4.55. The van der Waals surface area contributed by atoms with Gasteiger partial charge in [0.15, 0.2) is 0 Å². The Morgan fingerprint density at radius 1 is 0.812 bits per heavy atom. The summed E-state index contributed by atoms with van der Waals surface area (Å²) in [5, 5.41) is 10.4. The Morgan fingerprint density at radius 3 is 2.19 bits per heavy atom. The average Bonchev–Trinajstić information content (AvgIpc) is 3.63. The van der Waals surface area contributed by atoms with Crippen LogP contribution < -0.4 is 9.47 Å². The number of methoxy groups -OCH3 is 1. The molecular weight excluding hydrogens is 404 g/mol. The molecule has 1 heterocycles. The minimum Gasteiger partial charge on any atom is -0.497 e. The third kappa shape index (κ3) is 6.57. The number of aryl methyl sites for hydroxylation is 1. The summed E-state index contributed by atoms with van der Waals surface area (Å²) < 4.78 is 22.3. The molecule has 5 heteroatoms. The van der Waals surface area contributed by atoms with Crippen LogP contribution in [0.5, 0.6) is 11.5 Å². The summed E-state index contributed by atoms with van der Waals surface area (Å²) in [4.78, 5) is 0. The molecule has 3 atom stereocenters. The fourth-order valence-corrected chi connectivity index (χ4v) is 3.62. The smallest absolute Gasteiger partial charge is 0.119 e. The molecule has 3 aromatic carbocycles. The van der Waals surface area contributed by atoms with Gasteiger partial charge in [-0.2, -0.15) is 0 Å². The molecule has 1 saturated heterocycles. The minimum atomic E-state index is -0.487. The average molecular weight is 435 g/mol. The molecule has 1 fully saturated rings. The van der Waals surface area contributed by atoms with Gasteiger partial charge in [-0.05, 0) is 53.8 Å². The highest BCUT2D eigenvalue weighted by Gasteiger charge is 2.44. The number of rotatable bonds is 12. The van der Waals surface area contributed by atoms with Crippen LogP contribution in [0.4, 0.5) is 0 Å². The molecule has 0 saturated carbocycles. The van der Waals surface area contributed by atoms with Crippen molar-refractivity contribution in [3.05, 3.63) is 95.6 Å². The minimum absolute atomic E-state index is 0.0305. The Balaban J connectivity index is 1.12. The number of aliphatic hydroxyl groups is 1. The molecule has 0 bridgehead atoms. The number of ether oxygens (including phenoxy) is 4. The molecule has 168 valence electrons. The van der Waals surface area contributed by atoms with Gasteiger partial charge < -0.3 is 24.1 Å². The Hall–Kier alpha value is -2.86. The zero-order valence-electron chi connectivity index (χ0n) is 18.4. The summed E-state index contributed by atoms with van der Waals surface area (Å²) in [5.74, 6) is 1.68. The van der Waals surface area contributed by atoms with Gasteiger partial charge in [0.2, 0.25) is 0 Å². The van der Waals surface area contributed by atoms with Crippen LogP contribution in [0, 0.1) is 0 Å². The first-order chi connectivity index (χ1) is 15.7. The Bertz CT molecular complexity index is 940. The van der Waals surface area contributed by atoms with E-state index in [0.717, 1.165) is 29.0 Å². The summed E-state index contributed by atoms with van der Waals surface area (Å²) in [7, 11) is 1.65. The third-order valence-electron chi connectivity index (χ3n) is 5.61. The lowest BCUT2D eigenvalue weighted by molar-refractivity contribution is 0.104. The van der Waals surface area contributed by atoms with Crippen LogP contribution in [-0.4, -0.2) is 37.1 Å². The summed E-state index contributed by atoms with van der Waals surface area (Å²) in [6, 6.07) is 26.0. The largest absolute Gasteiger partial charge is 0.497 e. The number of hydrogen-bond donors (Lipinski definition) is 1. The molecular formula is C27H30O5. The molecule has 5 nitrogen and oxygen atoms in total. The van der Waals surface area contributed by atoms with Crippen LogP contribution in [0.3, 0.4) is 0 Å². The van der Waals surface area contributed by atoms with Gasteiger partial charge in [0.25, 0.3) is 0 Å². The highest BCUT2D eigenvalue weighted by molar-refractivity contribution is 5.28. The SMILES string of the molecule is COc1ccc(COC[C@H]2O[C@@H]2[C@H](O)CCc2ccc(OCc3ccccc3)cc2)cc1. The third-order valence-corrected chi connectivity index (χ3v) is 5.61. The van der Waals surface area contributed by atoms with Gasteiger partial charge in [-0.15, -0.1) is 0 Å². The Labute approximate surface area is 189 Å². The first-order valence-corrected chi connectivity index (χ1v) is 11.0. The Kier molecular flexibility index (Phi) is 7.77. The molecule has 3 aromatic rings. The molecule has 0 unspecified atom stereocenters. The first kappa shape index (κ1) is 22.3. The first-order valence-electron chi connectivity index (χ1n) is 11.0. The van der Waals surface area contributed by atoms with Gasteiger partial charge in [-0.25, -0.2) is 0 Å². The van der Waals surface area contributed by atoms with Crippen LogP contribution in [0.2, 0.25) is 0 Å². The highest BCUT2D eigenvalue weighted by atomic mass is 16.6. The number of epoxide rings is 1. The molecule has 0 radical (unpaired) electrons. The second kappa shape index (κ2) is 11.1. The van der Waals surface area contributed by atoms with Crippen molar-refractivity contribution < 1.29 is 24.1 Å². The van der Waals surface area contributed by atoms with E-state index in [-0.39, 0.29) is 12.2 Å². The summed E-state index contributed by atoms with van der Waals surface area (Å²) >= 11 is 0. The van der Waals surface area contributed by atoms with Crippen molar-refractivity contribution in [2.75, 3.05) is 13.7 Å². The summed E-state index contributed by atoms with van der Waals surface area (Å²) in [6.07, 6.45) is 0.790. The lowest BCUT2D eigenvalue weighted by Gasteiger charge is -2.10. The monoisotopic (exact) mass is 434 g/mol. The van der Waals surface area contributed by atoms with Crippen molar-refractivity contribution in [1.82, 2.24) is 0 Å². The fraction of sp³-hybridized carbons (Fsp3) is 0.333. The molecule has 0 amide bonds. The highest BCUT2D eigenvalue weighted by Crippen LogP contribution is 2.28. The number of aliphatic hydroxyl groups excluding tert-OH is 1. The van der Waals surface area contributed by atoms with Gasteiger partial charge >= 0.3 is 0 Å². The van der Waals surface area contributed by atoms with Crippen molar-refractivity contribution in [3.8, 4) is 11.5 Å². The standard InChI is InChI=1S/C27H30O5/c1-29-23-12-9-22(10-13-23)17-30-19-26-27(32-26)25(28)16-11-20-7-14-24(15-8-20)31-18-21-5-3-2-4-6-21/h2-10,12-15,25-28H,11,16-19H2,1H3/t25-,26-,27-/m1/s1. The van der Waals surface area contributed by atoms with E-state index < -0.39 is 6.10 Å². The lowest BCUT2D eigenvalue weighted by atomic mass is 10.0. The molecule has 0 aromatic heterocycles. The quantitative estimate of drug-likeness (QED) is 0.424. The van der Waals surface area contributed by atoms with Gasteiger partial charge in [-0.3, -0.25) is 0 Å². The van der Waals surface area contributed by atoms with Crippen LogP contribution in [0.25, 0.3) is 0 Å². The molecule has 1 N–H and O–H groups in total. The van der Waals surface area contributed by atoms with E-state index in [4.69, 9.17) is 18.9 Å². The van der Waals surface area contributed by atoms with Crippen molar-refractivity contribution >= 4 is 0 Å². The molecule has 4 rings (SSSR count). The van der Waals surface area contributed by atoms with Gasteiger partial charge in [0, 0.05) is 0 Å². The van der Waals surface area contributed by atoms with Crippen molar-refractivity contribution in [2.24, 2.45) is 0 Å². The van der Waals surface area contributed by atoms with Crippen molar-refractivity contribution in [1.29, 1.82) is 0 Å². The molecule has 1 aliphatic rings. The summed E-state index contributed by atoms with van der Waals surface area (Å²) in [5.41, 5.74) is 3.40. The van der Waals surface area contributed by atoms with Crippen LogP contribution in [-0.2, 0) is 29.1 Å². The van der Waals surface area contributed by atoms with Crippen LogP contribution in [0.1, 0.15) is 23.1 Å². The number of benzene rings is 3. The number of hydrogen-bond acceptors (Lipinski definition) is 5. The fourth-order valence-electron chi connectivity index (χ4n) is 3.62. The van der Waals surface area contributed by atoms with E-state index in [1.165, 1.54) is 5.56 Å². The normalized spacial score (nSPS) is 18.2. The Morgan fingerprint density at radius 2 is 1.47 bits per heavy atom. The van der Waals surface area contributed by atoms with E-state index in [1.807, 2.05) is 66.7 Å². The van der Waals surface area contributed by atoms with E-state index in [9.17, 15) is 5.11 Å². The van der Waals surface area contributed by atoms with Crippen LogP contribution >= 0.6 is 0 Å². The molecule has 0 aliphatic carbocycles. The van der Waals surface area contributed by atoms with E-state index in [2.05, 4.69) is 12.1 Å². The van der Waals surface area contributed by atoms with E-state index in [1.54, 1.807) is 7.11 Å². The molecule has 32 heavy (non-hydrogen) atoms. The maximum Gasteiger partial charge on any atom is 0.119 e. The maximum atomic E-state index is 10.4. The van der Waals surface area contributed by atoms with E-state index in [0.29, 0.717) is 26.2 Å². The van der Waals surface area contributed by atoms with Gasteiger partial charge in [-0.1, -0.05) is 54.6 Å². The topological polar surface area (TPSA) is 60.5 Å².